The van der Waals surface area contributed by atoms with Gasteiger partial charge >= 0.3 is 6.43 Å². The van der Waals surface area contributed by atoms with Gasteiger partial charge in [0.05, 0.1) is 15.2 Å². The number of aromatic nitrogens is 3. The van der Waals surface area contributed by atoms with Gasteiger partial charge in [-0.25, -0.2) is 9.37 Å². The monoisotopic (exact) mass is 606 g/mol. The molecular formula is C33H33F3N4O2S. The van der Waals surface area contributed by atoms with Crippen LogP contribution in [0.15, 0.2) is 47.0 Å². The normalized spacial score (nSPS) is 30.8. The summed E-state index contributed by atoms with van der Waals surface area (Å²) in [7, 11) is 0. The fourth-order valence-electron chi connectivity index (χ4n) is 8.57. The minimum Gasteiger partial charge on any atom is -0.333 e. The van der Waals surface area contributed by atoms with E-state index in [1.165, 1.54) is 0 Å². The van der Waals surface area contributed by atoms with Gasteiger partial charge in [-0.1, -0.05) is 23.4 Å². The molecule has 1 amide bonds. The summed E-state index contributed by atoms with van der Waals surface area (Å²) in [5.74, 6) is -0.158. The van der Waals surface area contributed by atoms with Gasteiger partial charge in [0.25, 0.3) is 5.89 Å². The summed E-state index contributed by atoms with van der Waals surface area (Å²) in [6, 6.07) is 14.5. The minimum absolute atomic E-state index is 0.0592. The second kappa shape index (κ2) is 9.36. The second-order valence-corrected chi connectivity index (χ2v) is 15.1. The molecule has 10 heteroatoms. The van der Waals surface area contributed by atoms with Crippen molar-refractivity contribution in [2.45, 2.75) is 88.6 Å². The van der Waals surface area contributed by atoms with Crippen LogP contribution >= 0.6 is 11.3 Å². The van der Waals surface area contributed by atoms with Crippen LogP contribution < -0.4 is 4.90 Å². The standard InChI is InChI=1S/C33H33F3N4O2S/c1-20-37-24-6-5-22(14-25(24)43-20)21-3-2-4-23(13-21)40(26(41)15-31-16-33(36,17-31)18-31)19-30-7-10-32(11-8-30,12-9-30)29-38-28(27(34)35)42-39-29/h2-6,13-14,27H,7-12,15-19H2,1H3. The Bertz CT molecular complexity index is 1700. The average Bonchev–Trinajstić information content (AvgIpc) is 3.62. The first kappa shape index (κ1) is 27.3. The van der Waals surface area contributed by atoms with Gasteiger partial charge in [-0.2, -0.15) is 13.8 Å². The fourth-order valence-corrected chi connectivity index (χ4v) is 9.44. The van der Waals surface area contributed by atoms with E-state index in [-0.39, 0.29) is 22.2 Å². The molecule has 4 aromatic rings. The second-order valence-electron chi connectivity index (χ2n) is 13.8. The van der Waals surface area contributed by atoms with Crippen molar-refractivity contribution in [1.82, 2.24) is 15.1 Å². The Hall–Kier alpha value is -3.27. The lowest BCUT2D eigenvalue weighted by atomic mass is 9.41. The van der Waals surface area contributed by atoms with Crippen LogP contribution in [-0.2, 0) is 10.2 Å². The smallest absolute Gasteiger partial charge is 0.315 e. The van der Waals surface area contributed by atoms with Gasteiger partial charge < -0.3 is 9.42 Å². The van der Waals surface area contributed by atoms with Gasteiger partial charge in [-0.15, -0.1) is 11.3 Å². The first-order valence-corrected chi connectivity index (χ1v) is 16.0. The van der Waals surface area contributed by atoms with Crippen LogP contribution in [0.4, 0.5) is 18.9 Å². The van der Waals surface area contributed by atoms with Crippen molar-refractivity contribution in [3.05, 3.63) is 59.2 Å². The van der Waals surface area contributed by atoms with Gasteiger partial charge in [0.2, 0.25) is 5.91 Å². The molecule has 224 valence electrons. The van der Waals surface area contributed by atoms with Crippen molar-refractivity contribution in [1.29, 1.82) is 0 Å². The number of thiazole rings is 1. The van der Waals surface area contributed by atoms with E-state index in [1.807, 2.05) is 30.0 Å². The van der Waals surface area contributed by atoms with E-state index in [0.29, 0.717) is 38.1 Å². The number of carbonyl (C=O) groups excluding carboxylic acids is 1. The molecule has 10 rings (SSSR count). The van der Waals surface area contributed by atoms with E-state index in [2.05, 4.69) is 39.4 Å². The largest absolute Gasteiger partial charge is 0.333 e. The Labute approximate surface area is 251 Å². The molecule has 2 aromatic carbocycles. The topological polar surface area (TPSA) is 72.1 Å². The highest BCUT2D eigenvalue weighted by Gasteiger charge is 2.69. The number of alkyl halides is 3. The molecular weight excluding hydrogens is 573 g/mol. The average molecular weight is 607 g/mol. The zero-order valence-corrected chi connectivity index (χ0v) is 24.9. The summed E-state index contributed by atoms with van der Waals surface area (Å²) in [6.45, 7) is 2.60. The number of nitrogens with zero attached hydrogens (tertiary/aromatic N) is 4. The van der Waals surface area contributed by atoms with Crippen LogP contribution in [0, 0.1) is 17.8 Å². The van der Waals surface area contributed by atoms with Gasteiger partial charge in [-0.3, -0.25) is 4.79 Å². The number of rotatable bonds is 8. The van der Waals surface area contributed by atoms with Crippen molar-refractivity contribution in [3.63, 3.8) is 0 Å². The summed E-state index contributed by atoms with van der Waals surface area (Å²) in [5.41, 5.74) is 2.29. The number of hydrogen-bond acceptors (Lipinski definition) is 6. The van der Waals surface area contributed by atoms with Crippen molar-refractivity contribution in [3.8, 4) is 11.1 Å². The maximum Gasteiger partial charge on any atom is 0.315 e. The van der Waals surface area contributed by atoms with Gasteiger partial charge in [0.15, 0.2) is 5.82 Å². The summed E-state index contributed by atoms with van der Waals surface area (Å²) in [5, 5.41) is 4.97. The highest BCUT2D eigenvalue weighted by Crippen LogP contribution is 2.71. The maximum absolute atomic E-state index is 14.4. The number of halogens is 3. The number of benzene rings is 2. The Morgan fingerprint density at radius 1 is 0.977 bits per heavy atom. The molecule has 0 radical (unpaired) electrons. The molecule has 6 aliphatic rings. The molecule has 0 spiro atoms. The number of aryl methyl sites for hydroxylation is 1. The first-order valence-electron chi connectivity index (χ1n) is 15.2. The number of amides is 1. The van der Waals surface area contributed by atoms with Crippen molar-refractivity contribution in [2.75, 3.05) is 11.4 Å². The van der Waals surface area contributed by atoms with Crippen molar-refractivity contribution < 1.29 is 22.5 Å². The molecule has 4 bridgehead atoms. The molecule has 0 atom stereocenters. The third-order valence-corrected chi connectivity index (χ3v) is 11.8. The van der Waals surface area contributed by atoms with Crippen LogP contribution in [0.1, 0.15) is 87.4 Å². The van der Waals surface area contributed by atoms with Gasteiger partial charge in [-0.05, 0) is 111 Å². The summed E-state index contributed by atoms with van der Waals surface area (Å²) in [6.07, 6.45) is 3.97. The molecule has 0 unspecified atom stereocenters. The van der Waals surface area contributed by atoms with Crippen molar-refractivity contribution >= 4 is 33.1 Å². The van der Waals surface area contributed by atoms with Crippen LogP contribution in [0.25, 0.3) is 21.3 Å². The van der Waals surface area contributed by atoms with E-state index in [1.54, 1.807) is 11.3 Å². The Morgan fingerprint density at radius 3 is 2.37 bits per heavy atom. The van der Waals surface area contributed by atoms with E-state index in [4.69, 9.17) is 4.52 Å². The summed E-state index contributed by atoms with van der Waals surface area (Å²) < 4.78 is 46.7. The molecule has 2 aromatic heterocycles. The minimum atomic E-state index is -2.78. The Kier molecular flexibility index (Phi) is 5.94. The quantitative estimate of drug-likeness (QED) is 0.201. The van der Waals surface area contributed by atoms with Crippen molar-refractivity contribution in [2.24, 2.45) is 10.8 Å². The lowest BCUT2D eigenvalue weighted by molar-refractivity contribution is -0.215. The lowest BCUT2D eigenvalue weighted by Gasteiger charge is -2.66. The molecule has 6 aliphatic carbocycles. The highest BCUT2D eigenvalue weighted by atomic mass is 32.1. The lowest BCUT2D eigenvalue weighted by Crippen LogP contribution is -2.65. The Morgan fingerprint density at radius 2 is 1.70 bits per heavy atom. The number of carbonyl (C=O) groups is 1. The third-order valence-electron chi connectivity index (χ3n) is 10.9. The molecule has 0 N–H and O–H groups in total. The predicted molar refractivity (Wildman–Crippen MR) is 158 cm³/mol. The number of anilines is 1. The van der Waals surface area contributed by atoms with Crippen LogP contribution in [0.5, 0.6) is 0 Å². The summed E-state index contributed by atoms with van der Waals surface area (Å²) in [4.78, 5) is 24.7. The number of hydrogen-bond donors (Lipinski definition) is 0. The SMILES string of the molecule is Cc1nc2ccc(-c3cccc(N(CC45CCC(c6noc(C(F)F)n6)(CC4)CC5)C(=O)CC45CC(F)(C4)C5)c3)cc2s1. The number of fused-ring (bicyclic) bond motifs is 4. The Balaban J connectivity index is 1.07. The molecule has 6 fully saturated rings. The zero-order valence-electron chi connectivity index (χ0n) is 24.0. The van der Waals surface area contributed by atoms with Crippen LogP contribution in [0.3, 0.4) is 0 Å². The van der Waals surface area contributed by atoms with E-state index in [0.717, 1.165) is 70.6 Å². The van der Waals surface area contributed by atoms with Crippen LogP contribution in [-0.4, -0.2) is 33.2 Å². The highest BCUT2D eigenvalue weighted by molar-refractivity contribution is 7.18. The van der Waals surface area contributed by atoms with E-state index < -0.39 is 18.0 Å². The van der Waals surface area contributed by atoms with E-state index in [9.17, 15) is 18.0 Å². The first-order chi connectivity index (χ1) is 20.6. The van der Waals surface area contributed by atoms with Gasteiger partial charge in [0, 0.05) is 24.1 Å². The molecule has 6 nitrogen and oxygen atoms in total. The molecule has 6 saturated carbocycles. The molecule has 0 saturated heterocycles. The zero-order chi connectivity index (χ0) is 29.6. The van der Waals surface area contributed by atoms with Gasteiger partial charge in [0.1, 0.15) is 5.67 Å². The van der Waals surface area contributed by atoms with E-state index >= 15 is 0 Å². The van der Waals surface area contributed by atoms with Crippen LogP contribution in [0.2, 0.25) is 0 Å². The summed E-state index contributed by atoms with van der Waals surface area (Å²) >= 11 is 1.67. The fraction of sp³-hybridized carbons (Fsp3) is 0.515. The molecule has 43 heavy (non-hydrogen) atoms. The maximum atomic E-state index is 14.4. The third kappa shape index (κ3) is 4.50. The molecule has 0 aliphatic heterocycles. The predicted octanol–water partition coefficient (Wildman–Crippen LogP) is 8.50. The molecule has 2 heterocycles.